The second kappa shape index (κ2) is 4.76. The monoisotopic (exact) mass is 195 g/mol. The fourth-order valence-electron chi connectivity index (χ4n) is 0.933. The molecule has 0 heterocycles. The van der Waals surface area contributed by atoms with Crippen LogP contribution < -0.4 is 10.6 Å². The number of rotatable bonds is 4. The van der Waals surface area contributed by atoms with Gasteiger partial charge in [0.15, 0.2) is 5.78 Å². The zero-order chi connectivity index (χ0) is 10.6. The molecular formula is C8H10BNO4. The van der Waals surface area contributed by atoms with Gasteiger partial charge < -0.3 is 9.68 Å². The number of Topliss-reactive ketones (excluding diaryl/α,β-unsaturated/α-hetero) is 1. The number of ketones is 1. The van der Waals surface area contributed by atoms with Crippen LogP contribution in [0.15, 0.2) is 24.3 Å². The molecular weight excluding hydrogens is 185 g/mol. The van der Waals surface area contributed by atoms with Crippen LogP contribution >= 0.6 is 0 Å². The largest absolute Gasteiger partial charge is 0.727 e. The lowest BCUT2D eigenvalue weighted by Gasteiger charge is -2.07. The van der Waals surface area contributed by atoms with E-state index in [4.69, 9.17) is 9.68 Å². The van der Waals surface area contributed by atoms with Crippen LogP contribution in [0.25, 0.3) is 0 Å². The van der Waals surface area contributed by atoms with Crippen LogP contribution in [0.4, 0.5) is 0 Å². The quantitative estimate of drug-likeness (QED) is 0.405. The Morgan fingerprint density at radius 2 is 2.29 bits per heavy atom. The van der Waals surface area contributed by atoms with Crippen molar-refractivity contribution in [3.63, 3.8) is 0 Å². The number of nitrogens with two attached hydrogens (primary N) is 1. The molecule has 0 aliphatic rings. The fraction of sp³-hybridized carbons (Fsp3) is 0.125. The molecule has 0 aromatic heterocycles. The molecule has 0 saturated carbocycles. The first-order chi connectivity index (χ1) is 6.63. The van der Waals surface area contributed by atoms with Crippen LogP contribution in [-0.4, -0.2) is 18.1 Å². The van der Waals surface area contributed by atoms with E-state index in [2.05, 4.69) is 10.7 Å². The van der Waals surface area contributed by atoms with Gasteiger partial charge >= 0.3 is 7.32 Å². The van der Waals surface area contributed by atoms with Gasteiger partial charge in [0.25, 0.3) is 0 Å². The number of hydrogen-bond acceptors (Lipinski definition) is 5. The van der Waals surface area contributed by atoms with Gasteiger partial charge in [-0.25, -0.2) is 5.90 Å². The van der Waals surface area contributed by atoms with Crippen LogP contribution in [0.2, 0.25) is 0 Å². The number of benzene rings is 1. The highest BCUT2D eigenvalue weighted by atomic mass is 16.7. The molecule has 1 aromatic carbocycles. The molecule has 14 heavy (non-hydrogen) atoms. The third-order valence-electron chi connectivity index (χ3n) is 1.59. The summed E-state index contributed by atoms with van der Waals surface area (Å²) >= 11 is 0. The van der Waals surface area contributed by atoms with Crippen molar-refractivity contribution >= 4 is 13.1 Å². The molecule has 0 aliphatic carbocycles. The summed E-state index contributed by atoms with van der Waals surface area (Å²) < 4.78 is 8.81. The molecule has 3 N–H and O–H groups in total. The molecule has 0 spiro atoms. The molecule has 74 valence electrons. The Kier molecular flexibility index (Phi) is 3.64. The van der Waals surface area contributed by atoms with E-state index in [0.717, 1.165) is 0 Å². The van der Waals surface area contributed by atoms with Gasteiger partial charge in [-0.05, 0) is 19.1 Å². The van der Waals surface area contributed by atoms with E-state index in [0.29, 0.717) is 11.3 Å². The van der Waals surface area contributed by atoms with E-state index in [9.17, 15) is 4.79 Å². The highest BCUT2D eigenvalue weighted by Crippen LogP contribution is 2.13. The van der Waals surface area contributed by atoms with Crippen LogP contribution in [0.3, 0.4) is 0 Å². The van der Waals surface area contributed by atoms with Crippen molar-refractivity contribution in [2.45, 2.75) is 6.92 Å². The third-order valence-corrected chi connectivity index (χ3v) is 1.59. The molecule has 0 bridgehead atoms. The van der Waals surface area contributed by atoms with E-state index in [-0.39, 0.29) is 5.78 Å². The fourth-order valence-corrected chi connectivity index (χ4v) is 0.933. The Balaban J connectivity index is 2.78. The van der Waals surface area contributed by atoms with Crippen LogP contribution in [-0.2, 0) is 4.76 Å². The van der Waals surface area contributed by atoms with Gasteiger partial charge in [0.05, 0.1) is 0 Å². The summed E-state index contributed by atoms with van der Waals surface area (Å²) in [6.07, 6.45) is 0. The first kappa shape index (κ1) is 10.7. The Hall–Kier alpha value is -1.37. The van der Waals surface area contributed by atoms with E-state index in [1.54, 1.807) is 18.2 Å². The lowest BCUT2D eigenvalue weighted by atomic mass is 10.1. The summed E-state index contributed by atoms with van der Waals surface area (Å²) in [5.74, 6) is 4.91. The van der Waals surface area contributed by atoms with Gasteiger partial charge in [0, 0.05) is 5.56 Å². The number of carbonyl (C=O) groups is 1. The minimum Gasteiger partial charge on any atom is -0.511 e. The van der Waals surface area contributed by atoms with Gasteiger partial charge in [0.2, 0.25) is 0 Å². The maximum atomic E-state index is 11.0. The van der Waals surface area contributed by atoms with Crippen molar-refractivity contribution in [2.24, 2.45) is 5.90 Å². The molecule has 0 amide bonds. The average Bonchev–Trinajstić information content (AvgIpc) is 2.18. The smallest absolute Gasteiger partial charge is 0.511 e. The van der Waals surface area contributed by atoms with E-state index >= 15 is 0 Å². The van der Waals surface area contributed by atoms with Gasteiger partial charge in [-0.15, -0.1) is 0 Å². The Labute approximate surface area is 81.6 Å². The maximum Gasteiger partial charge on any atom is 0.727 e. The van der Waals surface area contributed by atoms with Gasteiger partial charge in [-0.2, -0.15) is 0 Å². The van der Waals surface area contributed by atoms with Crippen LogP contribution in [0.1, 0.15) is 17.3 Å². The van der Waals surface area contributed by atoms with Gasteiger partial charge in [0.1, 0.15) is 5.75 Å². The summed E-state index contributed by atoms with van der Waals surface area (Å²) in [6, 6.07) is 6.35. The topological polar surface area (TPSA) is 81.8 Å². The predicted octanol–water partition coefficient (Wildman–Crippen LogP) is 0.136. The molecule has 5 nitrogen and oxygen atoms in total. The van der Waals surface area contributed by atoms with E-state index < -0.39 is 7.32 Å². The van der Waals surface area contributed by atoms with Gasteiger partial charge in [-0.1, -0.05) is 12.1 Å². The van der Waals surface area contributed by atoms with Crippen molar-refractivity contribution in [3.8, 4) is 5.75 Å². The maximum absolute atomic E-state index is 11.0. The first-order valence-electron chi connectivity index (χ1n) is 3.94. The molecule has 0 fully saturated rings. The Morgan fingerprint density at radius 1 is 1.57 bits per heavy atom. The normalized spacial score (nSPS) is 9.64. The molecule has 0 aliphatic heterocycles. The second-order valence-electron chi connectivity index (χ2n) is 2.64. The number of carbonyl (C=O) groups excluding carboxylic acids is 1. The lowest BCUT2D eigenvalue weighted by Crippen LogP contribution is -2.29. The molecule has 1 aromatic rings. The predicted molar refractivity (Wildman–Crippen MR) is 50.3 cm³/mol. The summed E-state index contributed by atoms with van der Waals surface area (Å²) in [5.41, 5.74) is 0.492. The first-order valence-corrected chi connectivity index (χ1v) is 3.94. The van der Waals surface area contributed by atoms with Crippen LogP contribution in [0.5, 0.6) is 5.75 Å². The van der Waals surface area contributed by atoms with E-state index in [1.807, 2.05) is 0 Å². The minimum absolute atomic E-state index is 0.0846. The summed E-state index contributed by atoms with van der Waals surface area (Å²) in [6.45, 7) is 1.44. The standard InChI is InChI=1S/C8H10BNO4/c1-6(11)7-3-2-4-8(5-7)13-9(12)14-10/h2-5,12H,10H2,1H3. The van der Waals surface area contributed by atoms with Crippen LogP contribution in [0, 0.1) is 0 Å². The van der Waals surface area contributed by atoms with Crippen molar-refractivity contribution in [1.29, 1.82) is 0 Å². The summed E-state index contributed by atoms with van der Waals surface area (Å²) in [4.78, 5) is 11.0. The van der Waals surface area contributed by atoms with Crippen molar-refractivity contribution in [3.05, 3.63) is 29.8 Å². The summed E-state index contributed by atoms with van der Waals surface area (Å²) in [7, 11) is -1.53. The second-order valence-corrected chi connectivity index (χ2v) is 2.64. The van der Waals surface area contributed by atoms with Gasteiger partial charge in [-0.3, -0.25) is 9.55 Å². The molecule has 0 radical (unpaired) electrons. The highest BCUT2D eigenvalue weighted by molar-refractivity contribution is 6.35. The summed E-state index contributed by atoms with van der Waals surface area (Å²) in [5, 5.41) is 8.89. The zero-order valence-electron chi connectivity index (χ0n) is 7.64. The molecule has 6 heteroatoms. The molecule has 0 saturated heterocycles. The highest BCUT2D eigenvalue weighted by Gasteiger charge is 2.16. The lowest BCUT2D eigenvalue weighted by molar-refractivity contribution is 0.101. The number of hydrogen-bond donors (Lipinski definition) is 2. The van der Waals surface area contributed by atoms with E-state index in [1.165, 1.54) is 13.0 Å². The average molecular weight is 195 g/mol. The SMILES string of the molecule is CC(=O)c1cccc(OB(O)ON)c1. The third kappa shape index (κ3) is 2.84. The van der Waals surface area contributed by atoms with Crippen molar-refractivity contribution < 1.29 is 19.2 Å². The van der Waals surface area contributed by atoms with Crippen molar-refractivity contribution in [2.75, 3.05) is 0 Å². The molecule has 0 atom stereocenters. The molecule has 0 unspecified atom stereocenters. The molecule has 1 rings (SSSR count). The Bertz CT molecular complexity index is 331. The van der Waals surface area contributed by atoms with Crippen molar-refractivity contribution in [1.82, 2.24) is 0 Å². The Morgan fingerprint density at radius 3 is 2.86 bits per heavy atom. The zero-order valence-corrected chi connectivity index (χ0v) is 7.64. The minimum atomic E-state index is -1.53.